The lowest BCUT2D eigenvalue weighted by molar-refractivity contribution is 0.147. The first-order valence-electron chi connectivity index (χ1n) is 7.51. The van der Waals surface area contributed by atoms with Crippen LogP contribution in [0.15, 0.2) is 0 Å². The van der Waals surface area contributed by atoms with E-state index in [4.69, 9.17) is 4.74 Å². The molecule has 0 spiro atoms. The van der Waals surface area contributed by atoms with Crippen LogP contribution in [0.2, 0.25) is 0 Å². The van der Waals surface area contributed by atoms with Crippen molar-refractivity contribution >= 4 is 5.82 Å². The molecule has 2 aliphatic rings. The minimum absolute atomic E-state index is 0.346. The van der Waals surface area contributed by atoms with E-state index in [9.17, 15) is 0 Å². The molecule has 4 heteroatoms. The van der Waals surface area contributed by atoms with Crippen molar-refractivity contribution in [2.24, 2.45) is 0 Å². The van der Waals surface area contributed by atoms with Gasteiger partial charge in [-0.15, -0.1) is 0 Å². The number of aromatic nitrogens is 2. The third kappa shape index (κ3) is 2.82. The average Bonchev–Trinajstić information content (AvgIpc) is 3.27. The predicted octanol–water partition coefficient (Wildman–Crippen LogP) is 3.42. The molecule has 0 aliphatic heterocycles. The fraction of sp³-hybridized carbons (Fsp3) is 0.733. The van der Waals surface area contributed by atoms with Gasteiger partial charge in [0.25, 0.3) is 0 Å². The first kappa shape index (κ1) is 12.7. The lowest BCUT2D eigenvalue weighted by Gasteiger charge is -2.24. The van der Waals surface area contributed by atoms with Crippen LogP contribution in [0.5, 0.6) is 5.88 Å². The lowest BCUT2D eigenvalue weighted by atomic mass is 9.98. The maximum absolute atomic E-state index is 6.16. The Morgan fingerprint density at radius 1 is 1.05 bits per heavy atom. The Kier molecular flexibility index (Phi) is 3.58. The first-order chi connectivity index (χ1) is 9.28. The van der Waals surface area contributed by atoms with Crippen LogP contribution in [0.1, 0.15) is 62.3 Å². The second-order valence-electron chi connectivity index (χ2n) is 5.76. The van der Waals surface area contributed by atoms with E-state index in [2.05, 4.69) is 15.3 Å². The van der Waals surface area contributed by atoms with E-state index >= 15 is 0 Å². The maximum atomic E-state index is 6.16. The summed E-state index contributed by atoms with van der Waals surface area (Å²) >= 11 is 0. The van der Waals surface area contributed by atoms with Gasteiger partial charge in [-0.25, -0.2) is 4.98 Å². The fourth-order valence-corrected chi connectivity index (χ4v) is 2.74. The van der Waals surface area contributed by atoms with Crippen molar-refractivity contribution in [1.29, 1.82) is 0 Å². The second kappa shape index (κ2) is 5.35. The van der Waals surface area contributed by atoms with E-state index in [1.807, 2.05) is 14.0 Å². The molecule has 0 unspecified atom stereocenters. The minimum Gasteiger partial charge on any atom is -0.474 e. The number of nitrogens with zero attached hydrogens (tertiary/aromatic N) is 2. The molecule has 0 bridgehead atoms. The van der Waals surface area contributed by atoms with Gasteiger partial charge in [0.1, 0.15) is 17.7 Å². The molecule has 0 atom stereocenters. The van der Waals surface area contributed by atoms with Crippen LogP contribution >= 0.6 is 0 Å². The number of ether oxygens (including phenoxy) is 1. The molecule has 0 amide bonds. The third-order valence-electron chi connectivity index (χ3n) is 4.13. The highest BCUT2D eigenvalue weighted by Gasteiger charge is 2.29. The van der Waals surface area contributed by atoms with Gasteiger partial charge < -0.3 is 10.1 Å². The Bertz CT molecular complexity index is 451. The van der Waals surface area contributed by atoms with Gasteiger partial charge in [0.2, 0.25) is 5.88 Å². The van der Waals surface area contributed by atoms with Gasteiger partial charge >= 0.3 is 0 Å². The second-order valence-corrected chi connectivity index (χ2v) is 5.76. The highest BCUT2D eigenvalue weighted by molar-refractivity contribution is 5.48. The maximum Gasteiger partial charge on any atom is 0.222 e. The zero-order valence-electron chi connectivity index (χ0n) is 11.9. The Hall–Kier alpha value is -1.32. The fourth-order valence-electron chi connectivity index (χ4n) is 2.74. The summed E-state index contributed by atoms with van der Waals surface area (Å²) < 4.78 is 6.16. The van der Waals surface area contributed by atoms with E-state index in [1.54, 1.807) is 0 Å². The highest BCUT2D eigenvalue weighted by Crippen LogP contribution is 2.40. The number of nitrogens with one attached hydrogen (secondary N) is 1. The molecule has 2 saturated carbocycles. The molecular formula is C15H23N3O. The number of anilines is 1. The van der Waals surface area contributed by atoms with E-state index in [-0.39, 0.29) is 0 Å². The third-order valence-corrected chi connectivity index (χ3v) is 4.13. The summed E-state index contributed by atoms with van der Waals surface area (Å²) in [6, 6.07) is 0. The summed E-state index contributed by atoms with van der Waals surface area (Å²) in [6.07, 6.45) is 9.02. The number of rotatable bonds is 4. The Balaban J connectivity index is 1.83. The summed E-state index contributed by atoms with van der Waals surface area (Å²) in [7, 11) is 1.91. The summed E-state index contributed by atoms with van der Waals surface area (Å²) in [6.45, 7) is 2.04. The summed E-state index contributed by atoms with van der Waals surface area (Å²) in [5.74, 6) is 3.23. The zero-order valence-corrected chi connectivity index (χ0v) is 11.9. The molecule has 4 nitrogen and oxygen atoms in total. The van der Waals surface area contributed by atoms with Crippen molar-refractivity contribution in [2.45, 2.75) is 63.9 Å². The van der Waals surface area contributed by atoms with Gasteiger partial charge in [-0.3, -0.25) is 0 Å². The topological polar surface area (TPSA) is 47.0 Å². The molecule has 2 aliphatic carbocycles. The quantitative estimate of drug-likeness (QED) is 0.902. The highest BCUT2D eigenvalue weighted by atomic mass is 16.5. The SMILES string of the molecule is CNc1nc(C2CC2)nc(OC2CCCCC2)c1C. The normalized spacial score (nSPS) is 20.3. The Labute approximate surface area is 115 Å². The largest absolute Gasteiger partial charge is 0.474 e. The van der Waals surface area contributed by atoms with Gasteiger partial charge in [-0.2, -0.15) is 4.98 Å². The van der Waals surface area contributed by atoms with Gasteiger partial charge in [0.15, 0.2) is 0 Å². The first-order valence-corrected chi connectivity index (χ1v) is 7.51. The van der Waals surface area contributed by atoms with Crippen LogP contribution in [-0.4, -0.2) is 23.1 Å². The van der Waals surface area contributed by atoms with Crippen LogP contribution in [-0.2, 0) is 0 Å². The summed E-state index contributed by atoms with van der Waals surface area (Å²) in [4.78, 5) is 9.27. The standard InChI is InChI=1S/C15H23N3O/c1-10-13(16-2)17-14(11-8-9-11)18-15(10)19-12-6-4-3-5-7-12/h11-12H,3-9H2,1-2H3,(H,16,17,18). The van der Waals surface area contributed by atoms with Crippen molar-refractivity contribution in [3.05, 3.63) is 11.4 Å². The van der Waals surface area contributed by atoms with Crippen molar-refractivity contribution < 1.29 is 4.74 Å². The van der Waals surface area contributed by atoms with Crippen molar-refractivity contribution in [2.75, 3.05) is 12.4 Å². The molecular weight excluding hydrogens is 238 g/mol. The number of hydrogen-bond donors (Lipinski definition) is 1. The van der Waals surface area contributed by atoms with E-state index in [1.165, 1.54) is 32.1 Å². The molecule has 0 saturated heterocycles. The lowest BCUT2D eigenvalue weighted by Crippen LogP contribution is -2.21. The zero-order chi connectivity index (χ0) is 13.2. The molecule has 0 aromatic carbocycles. The van der Waals surface area contributed by atoms with Gasteiger partial charge in [0, 0.05) is 13.0 Å². The molecule has 19 heavy (non-hydrogen) atoms. The van der Waals surface area contributed by atoms with Crippen LogP contribution in [0, 0.1) is 6.92 Å². The number of hydrogen-bond acceptors (Lipinski definition) is 4. The summed E-state index contributed by atoms with van der Waals surface area (Å²) in [5, 5.41) is 3.16. The van der Waals surface area contributed by atoms with Gasteiger partial charge in [0.05, 0.1) is 5.56 Å². The Morgan fingerprint density at radius 3 is 2.42 bits per heavy atom. The molecule has 1 aromatic heterocycles. The van der Waals surface area contributed by atoms with E-state index in [0.29, 0.717) is 12.0 Å². The molecule has 0 radical (unpaired) electrons. The van der Waals surface area contributed by atoms with Gasteiger partial charge in [-0.1, -0.05) is 6.42 Å². The summed E-state index contributed by atoms with van der Waals surface area (Å²) in [5.41, 5.74) is 1.04. The molecule has 1 heterocycles. The average molecular weight is 261 g/mol. The minimum atomic E-state index is 0.346. The molecule has 2 fully saturated rings. The predicted molar refractivity (Wildman–Crippen MR) is 75.8 cm³/mol. The van der Waals surface area contributed by atoms with Crippen molar-refractivity contribution in [3.63, 3.8) is 0 Å². The van der Waals surface area contributed by atoms with Crippen molar-refractivity contribution in [3.8, 4) is 5.88 Å². The molecule has 1 N–H and O–H groups in total. The molecule has 3 rings (SSSR count). The van der Waals surface area contributed by atoms with Crippen LogP contribution in [0.4, 0.5) is 5.82 Å². The Morgan fingerprint density at radius 2 is 1.79 bits per heavy atom. The van der Waals surface area contributed by atoms with Crippen LogP contribution < -0.4 is 10.1 Å². The molecule has 1 aromatic rings. The van der Waals surface area contributed by atoms with Gasteiger partial charge in [-0.05, 0) is 45.4 Å². The van der Waals surface area contributed by atoms with Crippen molar-refractivity contribution in [1.82, 2.24) is 9.97 Å². The van der Waals surface area contributed by atoms with Crippen LogP contribution in [0.3, 0.4) is 0 Å². The smallest absolute Gasteiger partial charge is 0.222 e. The van der Waals surface area contributed by atoms with E-state index in [0.717, 1.165) is 35.9 Å². The monoisotopic (exact) mass is 261 g/mol. The molecule has 104 valence electrons. The van der Waals surface area contributed by atoms with Crippen LogP contribution in [0.25, 0.3) is 0 Å². The van der Waals surface area contributed by atoms with E-state index < -0.39 is 0 Å².